The number of nitrogens with zero attached hydrogens (tertiary/aromatic N) is 4. The number of nitrogens with one attached hydrogen (secondary N) is 1. The van der Waals surface area contributed by atoms with Crippen molar-refractivity contribution in [3.63, 3.8) is 0 Å². The lowest BCUT2D eigenvalue weighted by Crippen LogP contribution is -2.40. The van der Waals surface area contributed by atoms with Crippen molar-refractivity contribution in [2.24, 2.45) is 5.92 Å². The molecule has 4 rings (SSSR count). The number of rotatable bonds is 6. The number of benzene rings is 1. The van der Waals surface area contributed by atoms with E-state index in [4.69, 9.17) is 4.52 Å². The Labute approximate surface area is 170 Å². The fourth-order valence-corrected chi connectivity index (χ4v) is 3.62. The summed E-state index contributed by atoms with van der Waals surface area (Å²) in [5.74, 6) is 1.39. The predicted octanol–water partition coefficient (Wildman–Crippen LogP) is 2.97. The largest absolute Gasteiger partial charge is 0.350 e. The molecular weight excluding hydrogens is 366 g/mol. The molecule has 0 bridgehead atoms. The Hall–Kier alpha value is -3.06. The third-order valence-electron chi connectivity index (χ3n) is 5.34. The Bertz CT molecular complexity index is 949. The van der Waals surface area contributed by atoms with Gasteiger partial charge < -0.3 is 9.84 Å². The molecule has 1 amide bonds. The van der Waals surface area contributed by atoms with Gasteiger partial charge in [0.1, 0.15) is 0 Å². The summed E-state index contributed by atoms with van der Waals surface area (Å²) in [6.07, 6.45) is 3.39. The van der Waals surface area contributed by atoms with Crippen molar-refractivity contribution in [3.8, 4) is 11.4 Å². The topological polar surface area (TPSA) is 84.2 Å². The zero-order valence-corrected chi connectivity index (χ0v) is 16.5. The first-order valence-corrected chi connectivity index (χ1v) is 9.97. The van der Waals surface area contributed by atoms with Crippen LogP contribution in [0.3, 0.4) is 0 Å². The van der Waals surface area contributed by atoms with E-state index in [1.165, 1.54) is 0 Å². The van der Waals surface area contributed by atoms with Gasteiger partial charge in [0.25, 0.3) is 0 Å². The van der Waals surface area contributed by atoms with Crippen molar-refractivity contribution in [1.29, 1.82) is 0 Å². The molecule has 0 radical (unpaired) electrons. The second-order valence-electron chi connectivity index (χ2n) is 7.42. The molecular formula is C22H25N5O2. The van der Waals surface area contributed by atoms with Crippen LogP contribution < -0.4 is 5.32 Å². The summed E-state index contributed by atoms with van der Waals surface area (Å²) in [5.41, 5.74) is 2.99. The minimum absolute atomic E-state index is 0.0418. The fourth-order valence-electron chi connectivity index (χ4n) is 3.62. The summed E-state index contributed by atoms with van der Waals surface area (Å²) in [5, 5.41) is 7.13. The molecule has 1 aliphatic rings. The molecule has 1 N–H and O–H groups in total. The van der Waals surface area contributed by atoms with Crippen LogP contribution in [0, 0.1) is 12.8 Å². The molecule has 3 aromatic rings. The standard InChI is InChI=1S/C22H25N5O2/c1-16-6-2-3-8-19(16)21-25-20(29-26-21)15-27-12-9-17(10-13-27)22(28)24-14-18-7-4-5-11-23-18/h2-8,11,17H,9-10,12-15H2,1H3,(H,24,28). The average molecular weight is 391 g/mol. The SMILES string of the molecule is Cc1ccccc1-c1noc(CN2CCC(C(=O)NCc3ccccn3)CC2)n1. The highest BCUT2D eigenvalue weighted by Crippen LogP contribution is 2.22. The number of piperidine rings is 1. The van der Waals surface area contributed by atoms with E-state index in [1.54, 1.807) is 6.20 Å². The highest BCUT2D eigenvalue weighted by molar-refractivity contribution is 5.78. The van der Waals surface area contributed by atoms with Crippen molar-refractivity contribution in [2.75, 3.05) is 13.1 Å². The summed E-state index contributed by atoms with van der Waals surface area (Å²) < 4.78 is 5.45. The maximum Gasteiger partial charge on any atom is 0.241 e. The minimum Gasteiger partial charge on any atom is -0.350 e. The summed E-state index contributed by atoms with van der Waals surface area (Å²) in [4.78, 5) is 23.5. The Balaban J connectivity index is 1.26. The van der Waals surface area contributed by atoms with Gasteiger partial charge in [-0.3, -0.25) is 14.7 Å². The Morgan fingerprint density at radius 1 is 1.17 bits per heavy atom. The number of likely N-dealkylation sites (tertiary alicyclic amines) is 1. The predicted molar refractivity (Wildman–Crippen MR) is 109 cm³/mol. The van der Waals surface area contributed by atoms with Gasteiger partial charge in [0.2, 0.25) is 17.6 Å². The number of amides is 1. The minimum atomic E-state index is 0.0418. The van der Waals surface area contributed by atoms with Crippen LogP contribution in [-0.4, -0.2) is 39.0 Å². The summed E-state index contributed by atoms with van der Waals surface area (Å²) >= 11 is 0. The molecule has 0 unspecified atom stereocenters. The molecule has 1 saturated heterocycles. The van der Waals surface area contributed by atoms with Crippen LogP contribution in [0.15, 0.2) is 53.2 Å². The maximum atomic E-state index is 12.4. The molecule has 0 saturated carbocycles. The molecule has 1 aromatic carbocycles. The van der Waals surface area contributed by atoms with Crippen LogP contribution in [0.4, 0.5) is 0 Å². The van der Waals surface area contributed by atoms with Crippen molar-refractivity contribution < 1.29 is 9.32 Å². The molecule has 1 aliphatic heterocycles. The fraction of sp³-hybridized carbons (Fsp3) is 0.364. The maximum absolute atomic E-state index is 12.4. The Kier molecular flexibility index (Phi) is 5.95. The lowest BCUT2D eigenvalue weighted by Gasteiger charge is -2.30. The number of carbonyl (C=O) groups excluding carboxylic acids is 1. The number of carbonyl (C=O) groups is 1. The van der Waals surface area contributed by atoms with E-state index in [2.05, 4.69) is 25.3 Å². The lowest BCUT2D eigenvalue weighted by molar-refractivity contribution is -0.126. The van der Waals surface area contributed by atoms with Crippen LogP contribution >= 0.6 is 0 Å². The van der Waals surface area contributed by atoms with Gasteiger partial charge in [-0.2, -0.15) is 4.98 Å². The molecule has 2 aromatic heterocycles. The van der Waals surface area contributed by atoms with Crippen molar-refractivity contribution >= 4 is 5.91 Å². The first-order valence-electron chi connectivity index (χ1n) is 9.97. The summed E-state index contributed by atoms with van der Waals surface area (Å²) in [6, 6.07) is 13.7. The van der Waals surface area contributed by atoms with Crippen molar-refractivity contribution in [2.45, 2.75) is 32.9 Å². The quantitative estimate of drug-likeness (QED) is 0.695. The van der Waals surface area contributed by atoms with Crippen molar-refractivity contribution in [1.82, 2.24) is 25.3 Å². The van der Waals surface area contributed by atoms with E-state index in [0.717, 1.165) is 42.8 Å². The van der Waals surface area contributed by atoms with Crippen LogP contribution in [-0.2, 0) is 17.9 Å². The number of pyridine rings is 1. The van der Waals surface area contributed by atoms with E-state index in [-0.39, 0.29) is 11.8 Å². The first-order chi connectivity index (χ1) is 14.2. The van der Waals surface area contributed by atoms with Crippen LogP contribution in [0.25, 0.3) is 11.4 Å². The first kappa shape index (κ1) is 19.3. The molecule has 7 nitrogen and oxygen atoms in total. The smallest absolute Gasteiger partial charge is 0.241 e. The van der Waals surface area contributed by atoms with Gasteiger partial charge in [0.05, 0.1) is 18.8 Å². The lowest BCUT2D eigenvalue weighted by atomic mass is 9.96. The Morgan fingerprint density at radius 3 is 2.72 bits per heavy atom. The summed E-state index contributed by atoms with van der Waals surface area (Å²) in [6.45, 7) is 4.80. The molecule has 0 spiro atoms. The van der Waals surface area contributed by atoms with Crippen LogP contribution in [0.1, 0.15) is 30.0 Å². The number of aryl methyl sites for hydroxylation is 1. The van der Waals surface area contributed by atoms with E-state index in [1.807, 2.05) is 49.4 Å². The molecule has 150 valence electrons. The molecule has 7 heteroatoms. The van der Waals surface area contributed by atoms with Crippen LogP contribution in [0.5, 0.6) is 0 Å². The normalized spacial score (nSPS) is 15.3. The monoisotopic (exact) mass is 391 g/mol. The molecule has 0 aliphatic carbocycles. The third-order valence-corrected chi connectivity index (χ3v) is 5.34. The van der Waals surface area contributed by atoms with Crippen molar-refractivity contribution in [3.05, 3.63) is 65.8 Å². The number of aromatic nitrogens is 3. The highest BCUT2D eigenvalue weighted by atomic mass is 16.5. The average Bonchev–Trinajstić information content (AvgIpc) is 3.22. The number of hydrogen-bond acceptors (Lipinski definition) is 6. The summed E-state index contributed by atoms with van der Waals surface area (Å²) in [7, 11) is 0. The van der Waals surface area contributed by atoms with Gasteiger partial charge >= 0.3 is 0 Å². The van der Waals surface area contributed by atoms with E-state index in [9.17, 15) is 4.79 Å². The molecule has 1 fully saturated rings. The van der Waals surface area contributed by atoms with Gasteiger partial charge in [0, 0.05) is 17.7 Å². The second-order valence-corrected chi connectivity index (χ2v) is 7.42. The number of hydrogen-bond donors (Lipinski definition) is 1. The highest BCUT2D eigenvalue weighted by Gasteiger charge is 2.26. The van der Waals surface area contributed by atoms with Gasteiger partial charge in [0.15, 0.2) is 0 Å². The van der Waals surface area contributed by atoms with Gasteiger partial charge in [-0.25, -0.2) is 0 Å². The van der Waals surface area contributed by atoms with E-state index in [0.29, 0.717) is 24.8 Å². The van der Waals surface area contributed by atoms with E-state index >= 15 is 0 Å². The van der Waals surface area contributed by atoms with Gasteiger partial charge in [-0.05, 0) is 50.6 Å². The molecule has 3 heterocycles. The zero-order chi connectivity index (χ0) is 20.1. The molecule has 0 atom stereocenters. The van der Waals surface area contributed by atoms with Crippen LogP contribution in [0.2, 0.25) is 0 Å². The second kappa shape index (κ2) is 8.96. The van der Waals surface area contributed by atoms with Gasteiger partial charge in [-0.15, -0.1) is 0 Å². The third kappa shape index (κ3) is 4.86. The van der Waals surface area contributed by atoms with Gasteiger partial charge in [-0.1, -0.05) is 35.5 Å². The van der Waals surface area contributed by atoms with E-state index < -0.39 is 0 Å². The molecule has 29 heavy (non-hydrogen) atoms. The zero-order valence-electron chi connectivity index (χ0n) is 16.5. The Morgan fingerprint density at radius 2 is 1.97 bits per heavy atom.